The molecular formula is C27H25N3O4S. The smallest absolute Gasteiger partial charge is 0.255 e. The number of ether oxygens (including phenoxy) is 2. The topological polar surface area (TPSA) is 93.3 Å². The first-order valence-electron chi connectivity index (χ1n) is 11.1. The quantitative estimate of drug-likeness (QED) is 0.235. The molecule has 4 rings (SSSR count). The molecule has 1 heterocycles. The third kappa shape index (κ3) is 7.22. The molecule has 0 bridgehead atoms. The second kappa shape index (κ2) is 11.9. The maximum Gasteiger partial charge on any atom is 0.255 e. The van der Waals surface area contributed by atoms with Gasteiger partial charge in [-0.15, -0.1) is 0 Å². The molecule has 178 valence electrons. The number of hydrogen-bond acceptors (Lipinski definition) is 6. The number of rotatable bonds is 10. The summed E-state index contributed by atoms with van der Waals surface area (Å²) in [7, 11) is 0. The molecule has 1 aromatic heterocycles. The normalized spacial score (nSPS) is 10.5. The molecule has 0 atom stereocenters. The number of H-pyrrole nitrogens is 1. The van der Waals surface area contributed by atoms with E-state index in [1.165, 1.54) is 11.8 Å². The highest BCUT2D eigenvalue weighted by Gasteiger charge is 2.11. The summed E-state index contributed by atoms with van der Waals surface area (Å²) in [5, 5.41) is 3.24. The maximum atomic E-state index is 12.5. The van der Waals surface area contributed by atoms with Crippen LogP contribution in [0.2, 0.25) is 0 Å². The number of thioether (sulfide) groups is 1. The summed E-state index contributed by atoms with van der Waals surface area (Å²) in [4.78, 5) is 32.1. The zero-order valence-electron chi connectivity index (χ0n) is 19.2. The number of aromatic nitrogens is 2. The Balaban J connectivity index is 1.26. The molecule has 4 aromatic rings. The Kier molecular flexibility index (Phi) is 8.19. The van der Waals surface area contributed by atoms with Crippen LogP contribution in [-0.2, 0) is 11.2 Å². The van der Waals surface area contributed by atoms with Gasteiger partial charge in [-0.05, 0) is 55.5 Å². The van der Waals surface area contributed by atoms with E-state index in [1.54, 1.807) is 31.2 Å². The Morgan fingerprint density at radius 3 is 2.20 bits per heavy atom. The SMILES string of the molecule is Cc1nc(SCC(=O)Nc2ccc(Oc3ccccc3)cc2)[nH]c(=O)c1CCOc1ccccc1. The third-order valence-electron chi connectivity index (χ3n) is 5.02. The Hall–Kier alpha value is -4.04. The van der Waals surface area contributed by atoms with Gasteiger partial charge < -0.3 is 19.8 Å². The van der Waals surface area contributed by atoms with Gasteiger partial charge in [0.15, 0.2) is 5.16 Å². The van der Waals surface area contributed by atoms with Crippen LogP contribution in [0.1, 0.15) is 11.3 Å². The first-order valence-corrected chi connectivity index (χ1v) is 12.1. The van der Waals surface area contributed by atoms with Crippen molar-refractivity contribution in [2.24, 2.45) is 0 Å². The van der Waals surface area contributed by atoms with E-state index in [0.29, 0.717) is 40.9 Å². The molecule has 3 aromatic carbocycles. The molecule has 2 N–H and O–H groups in total. The summed E-state index contributed by atoms with van der Waals surface area (Å²) in [5.41, 5.74) is 1.64. The van der Waals surface area contributed by atoms with Gasteiger partial charge >= 0.3 is 0 Å². The lowest BCUT2D eigenvalue weighted by atomic mass is 10.2. The number of carbonyl (C=O) groups excluding carboxylic acids is 1. The van der Waals surface area contributed by atoms with Crippen LogP contribution in [0, 0.1) is 6.92 Å². The average molecular weight is 488 g/mol. The van der Waals surface area contributed by atoms with Gasteiger partial charge in [0.05, 0.1) is 12.4 Å². The van der Waals surface area contributed by atoms with Gasteiger partial charge in [0.25, 0.3) is 5.56 Å². The van der Waals surface area contributed by atoms with Gasteiger partial charge in [-0.25, -0.2) is 4.98 Å². The minimum atomic E-state index is -0.217. The molecular weight excluding hydrogens is 462 g/mol. The van der Waals surface area contributed by atoms with E-state index >= 15 is 0 Å². The minimum absolute atomic E-state index is 0.112. The first-order chi connectivity index (χ1) is 17.1. The number of nitrogens with zero attached hydrogens (tertiary/aromatic N) is 1. The van der Waals surface area contributed by atoms with Gasteiger partial charge in [-0.3, -0.25) is 9.59 Å². The monoisotopic (exact) mass is 487 g/mol. The predicted molar refractivity (Wildman–Crippen MR) is 138 cm³/mol. The first kappa shape index (κ1) is 24.1. The van der Waals surface area contributed by atoms with Gasteiger partial charge in [-0.1, -0.05) is 48.2 Å². The molecule has 0 saturated heterocycles. The van der Waals surface area contributed by atoms with Crippen LogP contribution in [0.25, 0.3) is 0 Å². The van der Waals surface area contributed by atoms with Crippen molar-refractivity contribution in [2.45, 2.75) is 18.5 Å². The van der Waals surface area contributed by atoms with Crippen molar-refractivity contribution in [1.82, 2.24) is 9.97 Å². The number of benzene rings is 3. The Morgan fingerprint density at radius 1 is 0.914 bits per heavy atom. The molecule has 0 aliphatic rings. The summed E-state index contributed by atoms with van der Waals surface area (Å²) in [6, 6.07) is 26.0. The summed E-state index contributed by atoms with van der Waals surface area (Å²) >= 11 is 1.18. The summed E-state index contributed by atoms with van der Waals surface area (Å²) in [5.74, 6) is 2.09. The van der Waals surface area contributed by atoms with Crippen LogP contribution in [0.3, 0.4) is 0 Å². The van der Waals surface area contributed by atoms with Gasteiger partial charge in [0.1, 0.15) is 17.2 Å². The van der Waals surface area contributed by atoms with E-state index in [9.17, 15) is 9.59 Å². The van der Waals surface area contributed by atoms with Crippen molar-refractivity contribution in [2.75, 3.05) is 17.7 Å². The highest BCUT2D eigenvalue weighted by molar-refractivity contribution is 7.99. The standard InChI is InChI=1S/C27H25N3O4S/c1-19-24(16-17-33-21-8-4-2-5-9-21)26(32)30-27(28-19)35-18-25(31)29-20-12-14-23(15-13-20)34-22-10-6-3-7-11-22/h2-15H,16-18H2,1H3,(H,29,31)(H,28,30,32). The molecule has 8 heteroatoms. The number of carbonyl (C=O) groups is 1. The lowest BCUT2D eigenvalue weighted by Gasteiger charge is -2.09. The number of amides is 1. The van der Waals surface area contributed by atoms with E-state index in [4.69, 9.17) is 9.47 Å². The maximum absolute atomic E-state index is 12.5. The second-order valence-electron chi connectivity index (χ2n) is 7.62. The minimum Gasteiger partial charge on any atom is -0.493 e. The van der Waals surface area contributed by atoms with E-state index in [0.717, 1.165) is 11.5 Å². The van der Waals surface area contributed by atoms with Crippen LogP contribution in [0.15, 0.2) is 94.9 Å². The van der Waals surface area contributed by atoms with E-state index in [1.807, 2.05) is 60.7 Å². The van der Waals surface area contributed by atoms with Gasteiger partial charge in [0.2, 0.25) is 5.91 Å². The lowest BCUT2D eigenvalue weighted by Crippen LogP contribution is -2.20. The second-order valence-corrected chi connectivity index (χ2v) is 8.59. The van der Waals surface area contributed by atoms with E-state index in [-0.39, 0.29) is 17.2 Å². The molecule has 35 heavy (non-hydrogen) atoms. The molecule has 0 saturated carbocycles. The number of aromatic amines is 1. The highest BCUT2D eigenvalue weighted by Crippen LogP contribution is 2.23. The van der Waals surface area contributed by atoms with Gasteiger partial charge in [-0.2, -0.15) is 0 Å². The number of nitrogens with one attached hydrogen (secondary N) is 2. The van der Waals surface area contributed by atoms with Crippen LogP contribution in [0.5, 0.6) is 17.2 Å². The van der Waals surface area contributed by atoms with Crippen LogP contribution >= 0.6 is 11.8 Å². The molecule has 0 unspecified atom stereocenters. The number of anilines is 1. The molecule has 0 fully saturated rings. The molecule has 0 aliphatic carbocycles. The number of hydrogen-bond donors (Lipinski definition) is 2. The van der Waals surface area contributed by atoms with Crippen molar-refractivity contribution in [1.29, 1.82) is 0 Å². The fourth-order valence-electron chi connectivity index (χ4n) is 3.30. The molecule has 1 amide bonds. The van der Waals surface area contributed by atoms with Crippen molar-refractivity contribution in [3.63, 3.8) is 0 Å². The van der Waals surface area contributed by atoms with Crippen molar-refractivity contribution in [3.05, 3.63) is 107 Å². The molecule has 0 spiro atoms. The van der Waals surface area contributed by atoms with Crippen LogP contribution in [0.4, 0.5) is 5.69 Å². The highest BCUT2D eigenvalue weighted by atomic mass is 32.2. The average Bonchev–Trinajstić information content (AvgIpc) is 2.87. The molecule has 0 aliphatic heterocycles. The lowest BCUT2D eigenvalue weighted by molar-refractivity contribution is -0.113. The largest absolute Gasteiger partial charge is 0.493 e. The number of para-hydroxylation sites is 2. The predicted octanol–water partition coefficient (Wildman–Crippen LogP) is 5.22. The van der Waals surface area contributed by atoms with Crippen LogP contribution in [-0.4, -0.2) is 28.2 Å². The zero-order valence-corrected chi connectivity index (χ0v) is 20.0. The molecule has 0 radical (unpaired) electrons. The molecule has 7 nitrogen and oxygen atoms in total. The summed E-state index contributed by atoms with van der Waals surface area (Å²) in [6.45, 7) is 2.16. The van der Waals surface area contributed by atoms with E-state index in [2.05, 4.69) is 15.3 Å². The summed E-state index contributed by atoms with van der Waals surface area (Å²) < 4.78 is 11.4. The van der Waals surface area contributed by atoms with E-state index < -0.39 is 0 Å². The van der Waals surface area contributed by atoms with Gasteiger partial charge in [0, 0.05) is 23.4 Å². The Labute approximate surface area is 207 Å². The summed E-state index contributed by atoms with van der Waals surface area (Å²) in [6.07, 6.45) is 0.443. The van der Waals surface area contributed by atoms with Crippen LogP contribution < -0.4 is 20.3 Å². The van der Waals surface area contributed by atoms with Crippen molar-refractivity contribution >= 4 is 23.4 Å². The Bertz CT molecular complexity index is 1310. The fraction of sp³-hybridized carbons (Fsp3) is 0.148. The Morgan fingerprint density at radius 2 is 1.54 bits per heavy atom. The fourth-order valence-corrected chi connectivity index (χ4v) is 4.00. The zero-order chi connectivity index (χ0) is 24.5. The third-order valence-corrected chi connectivity index (χ3v) is 5.89. The van der Waals surface area contributed by atoms with Crippen molar-refractivity contribution < 1.29 is 14.3 Å². The van der Waals surface area contributed by atoms with Crippen molar-refractivity contribution in [3.8, 4) is 17.2 Å². The number of aryl methyl sites for hydroxylation is 1.